The molecule has 3 rings (SSSR count). The smallest absolute Gasteiger partial charge is 0.314 e. The zero-order valence-electron chi connectivity index (χ0n) is 14.8. The Hall–Kier alpha value is -2.57. The lowest BCUT2D eigenvalue weighted by atomic mass is 10.2. The molecule has 0 saturated heterocycles. The van der Waals surface area contributed by atoms with Gasteiger partial charge in [-0.25, -0.2) is 4.79 Å². The van der Waals surface area contributed by atoms with E-state index in [0.717, 1.165) is 17.8 Å². The van der Waals surface area contributed by atoms with Gasteiger partial charge in [-0.3, -0.25) is 18.3 Å². The number of imidazole rings is 2. The molecule has 0 aliphatic carbocycles. The molecule has 0 atom stereocenters. The number of fused-ring (bicyclic) bond motifs is 3. The molecule has 7 nitrogen and oxygen atoms in total. The quantitative estimate of drug-likeness (QED) is 0.684. The lowest BCUT2D eigenvalue weighted by molar-refractivity contribution is 0.524. The number of hydrogen-bond acceptors (Lipinski definition) is 3. The van der Waals surface area contributed by atoms with Crippen LogP contribution >= 0.6 is 0 Å². The van der Waals surface area contributed by atoms with Crippen molar-refractivity contribution in [1.29, 1.82) is 0 Å². The third kappa shape index (κ3) is 2.31. The molecule has 0 spiro atoms. The molecule has 0 bridgehead atoms. The van der Waals surface area contributed by atoms with Crippen LogP contribution in [0.3, 0.4) is 0 Å². The molecular weight excluding hydrogens is 306 g/mol. The Morgan fingerprint density at radius 2 is 1.96 bits per heavy atom. The summed E-state index contributed by atoms with van der Waals surface area (Å²) < 4.78 is 6.52. The van der Waals surface area contributed by atoms with Gasteiger partial charge in [0.05, 0.1) is 6.54 Å². The third-order valence-corrected chi connectivity index (χ3v) is 4.12. The van der Waals surface area contributed by atoms with E-state index in [1.165, 1.54) is 9.13 Å². The van der Waals surface area contributed by atoms with Gasteiger partial charge in [-0.15, -0.1) is 0 Å². The summed E-state index contributed by atoms with van der Waals surface area (Å²) in [6.45, 7) is 12.9. The number of allylic oxidation sites excluding steroid dienone is 1. The van der Waals surface area contributed by atoms with Crippen LogP contribution in [-0.2, 0) is 20.1 Å². The number of aryl methyl sites for hydroxylation is 2. The highest BCUT2D eigenvalue weighted by Crippen LogP contribution is 2.17. The number of rotatable bonds is 4. The predicted octanol–water partition coefficient (Wildman–Crippen LogP) is 1.69. The largest absolute Gasteiger partial charge is 0.332 e. The summed E-state index contributed by atoms with van der Waals surface area (Å²) in [6.07, 6.45) is 1.91. The lowest BCUT2D eigenvalue weighted by Crippen LogP contribution is -2.39. The minimum Gasteiger partial charge on any atom is -0.314 e. The maximum Gasteiger partial charge on any atom is 0.332 e. The van der Waals surface area contributed by atoms with Gasteiger partial charge < -0.3 is 4.57 Å². The highest BCUT2D eigenvalue weighted by Gasteiger charge is 2.20. The molecule has 0 saturated carbocycles. The summed E-state index contributed by atoms with van der Waals surface area (Å²) in [4.78, 5) is 30.0. The fourth-order valence-corrected chi connectivity index (χ4v) is 3.06. The highest BCUT2D eigenvalue weighted by atomic mass is 16.2. The van der Waals surface area contributed by atoms with Gasteiger partial charge in [0.15, 0.2) is 11.2 Å². The number of aromatic nitrogens is 5. The van der Waals surface area contributed by atoms with E-state index in [2.05, 4.69) is 30.0 Å². The van der Waals surface area contributed by atoms with Crippen LogP contribution in [0.25, 0.3) is 16.9 Å². The van der Waals surface area contributed by atoms with Crippen molar-refractivity contribution >= 4 is 16.9 Å². The van der Waals surface area contributed by atoms with E-state index in [1.54, 1.807) is 18.4 Å². The van der Waals surface area contributed by atoms with Crippen molar-refractivity contribution in [3.05, 3.63) is 44.9 Å². The van der Waals surface area contributed by atoms with Crippen molar-refractivity contribution in [2.45, 2.75) is 40.8 Å². The maximum atomic E-state index is 12.9. The van der Waals surface area contributed by atoms with E-state index < -0.39 is 0 Å². The van der Waals surface area contributed by atoms with Gasteiger partial charge in [0.1, 0.15) is 0 Å². The van der Waals surface area contributed by atoms with E-state index in [0.29, 0.717) is 22.9 Å². The van der Waals surface area contributed by atoms with E-state index >= 15 is 0 Å². The Bertz CT molecular complexity index is 1070. The Labute approximate surface area is 139 Å². The molecule has 0 unspecified atom stereocenters. The van der Waals surface area contributed by atoms with Crippen LogP contribution in [-0.4, -0.2) is 23.1 Å². The van der Waals surface area contributed by atoms with Crippen LogP contribution in [0.15, 0.2) is 27.9 Å². The first-order valence-electron chi connectivity index (χ1n) is 8.04. The van der Waals surface area contributed by atoms with Gasteiger partial charge in [0, 0.05) is 25.5 Å². The molecule has 3 heterocycles. The van der Waals surface area contributed by atoms with Crippen LogP contribution in [0, 0.1) is 12.8 Å². The van der Waals surface area contributed by atoms with Gasteiger partial charge >= 0.3 is 5.69 Å². The second-order valence-corrected chi connectivity index (χ2v) is 6.92. The Kier molecular flexibility index (Phi) is 3.74. The second kappa shape index (κ2) is 5.51. The first kappa shape index (κ1) is 16.3. The Morgan fingerprint density at radius 1 is 1.29 bits per heavy atom. The molecule has 0 amide bonds. The molecule has 0 radical (unpaired) electrons. The van der Waals surface area contributed by atoms with E-state index in [1.807, 2.05) is 13.1 Å². The van der Waals surface area contributed by atoms with E-state index in [9.17, 15) is 9.59 Å². The second-order valence-electron chi connectivity index (χ2n) is 6.92. The molecule has 3 aromatic heterocycles. The van der Waals surface area contributed by atoms with Gasteiger partial charge in [-0.2, -0.15) is 4.98 Å². The maximum absolute atomic E-state index is 12.9. The zero-order chi connectivity index (χ0) is 17.8. The molecule has 0 aliphatic heterocycles. The molecule has 7 heteroatoms. The predicted molar refractivity (Wildman–Crippen MR) is 94.6 cm³/mol. The zero-order valence-corrected chi connectivity index (χ0v) is 14.8. The van der Waals surface area contributed by atoms with Crippen LogP contribution in [0.4, 0.5) is 0 Å². The van der Waals surface area contributed by atoms with Gasteiger partial charge in [-0.1, -0.05) is 26.0 Å². The monoisotopic (exact) mass is 329 g/mol. The van der Waals surface area contributed by atoms with Crippen LogP contribution < -0.4 is 11.2 Å². The summed E-state index contributed by atoms with van der Waals surface area (Å²) in [5.74, 6) is 1.14. The van der Waals surface area contributed by atoms with Gasteiger partial charge in [0.25, 0.3) is 5.56 Å². The molecule has 0 fully saturated rings. The Balaban J connectivity index is 2.44. The first-order chi connectivity index (χ1) is 11.2. The van der Waals surface area contributed by atoms with Crippen molar-refractivity contribution < 1.29 is 0 Å². The number of hydrogen-bond donors (Lipinski definition) is 0. The van der Waals surface area contributed by atoms with E-state index in [-0.39, 0.29) is 17.8 Å². The Morgan fingerprint density at radius 3 is 2.54 bits per heavy atom. The molecule has 3 aromatic rings. The highest BCUT2D eigenvalue weighted by molar-refractivity contribution is 5.75. The molecule has 0 N–H and O–H groups in total. The summed E-state index contributed by atoms with van der Waals surface area (Å²) in [5.41, 5.74) is 1.93. The van der Waals surface area contributed by atoms with E-state index in [4.69, 9.17) is 0 Å². The van der Waals surface area contributed by atoms with Crippen molar-refractivity contribution in [3.63, 3.8) is 0 Å². The fraction of sp³-hybridized carbons (Fsp3) is 0.471. The van der Waals surface area contributed by atoms with Crippen molar-refractivity contribution in [3.8, 4) is 0 Å². The molecule has 0 aliphatic rings. The molecule has 128 valence electrons. The lowest BCUT2D eigenvalue weighted by Gasteiger charge is -2.08. The summed E-state index contributed by atoms with van der Waals surface area (Å²) in [6, 6.07) is 0. The van der Waals surface area contributed by atoms with Gasteiger partial charge in [-0.05, 0) is 19.8 Å². The van der Waals surface area contributed by atoms with Crippen molar-refractivity contribution in [2.24, 2.45) is 13.0 Å². The SMILES string of the molecule is C=C(C)Cn1c(=O)c2c(nc3n(CC(C)C)c(C)cn23)n(C)c1=O. The summed E-state index contributed by atoms with van der Waals surface area (Å²) in [7, 11) is 1.64. The number of nitrogens with zero attached hydrogens (tertiary/aromatic N) is 5. The molecule has 24 heavy (non-hydrogen) atoms. The summed E-state index contributed by atoms with van der Waals surface area (Å²) in [5, 5.41) is 0. The van der Waals surface area contributed by atoms with Crippen LogP contribution in [0.2, 0.25) is 0 Å². The van der Waals surface area contributed by atoms with Crippen molar-refractivity contribution in [2.75, 3.05) is 0 Å². The normalized spacial score (nSPS) is 11.9. The standard InChI is InChI=1S/C17H23N5O2/c1-10(2)7-20-12(5)9-21-13-14(18-16(20)21)19(6)17(24)22(15(13)23)8-11(3)4/h9-10H,3,7-8H2,1-2,4-6H3. The molecular formula is C17H23N5O2. The average Bonchev–Trinajstić information content (AvgIpc) is 2.98. The minimum atomic E-state index is -0.372. The summed E-state index contributed by atoms with van der Waals surface area (Å²) >= 11 is 0. The van der Waals surface area contributed by atoms with Crippen LogP contribution in [0.5, 0.6) is 0 Å². The van der Waals surface area contributed by atoms with Gasteiger partial charge in [0.2, 0.25) is 5.78 Å². The topological polar surface area (TPSA) is 66.2 Å². The fourth-order valence-electron chi connectivity index (χ4n) is 3.06. The first-order valence-corrected chi connectivity index (χ1v) is 8.04. The molecule has 0 aromatic carbocycles. The minimum absolute atomic E-state index is 0.209. The third-order valence-electron chi connectivity index (χ3n) is 4.12. The average molecular weight is 329 g/mol. The van der Waals surface area contributed by atoms with Crippen LogP contribution in [0.1, 0.15) is 26.5 Å². The van der Waals surface area contributed by atoms with Crippen molar-refractivity contribution in [1.82, 2.24) is 23.1 Å².